The highest BCUT2D eigenvalue weighted by molar-refractivity contribution is 5.87. The van der Waals surface area contributed by atoms with Crippen molar-refractivity contribution in [3.05, 3.63) is 35.1 Å². The number of aromatic carboxylic acids is 1. The number of halogens is 1. The number of carbonyl (C=O) groups is 1. The first-order chi connectivity index (χ1) is 9.43. The molecule has 0 unspecified atom stereocenters. The Morgan fingerprint density at radius 1 is 1.25 bits per heavy atom. The highest BCUT2D eigenvalue weighted by Gasteiger charge is 2.12. The van der Waals surface area contributed by atoms with Crippen LogP contribution in [-0.4, -0.2) is 54.6 Å². The molecule has 1 N–H and O–H groups in total. The van der Waals surface area contributed by atoms with E-state index in [1.54, 1.807) is 6.07 Å². The zero-order valence-electron chi connectivity index (χ0n) is 12.4. The number of hydrogen-bond acceptors (Lipinski definition) is 3. The van der Waals surface area contributed by atoms with E-state index in [-0.39, 0.29) is 5.56 Å². The van der Waals surface area contributed by atoms with Crippen molar-refractivity contribution >= 4 is 5.97 Å². The van der Waals surface area contributed by atoms with Gasteiger partial charge in [-0.25, -0.2) is 9.18 Å². The van der Waals surface area contributed by atoms with E-state index in [4.69, 9.17) is 5.11 Å². The fourth-order valence-corrected chi connectivity index (χ4v) is 2.02. The largest absolute Gasteiger partial charge is 0.478 e. The van der Waals surface area contributed by atoms with Crippen LogP contribution in [0, 0.1) is 5.82 Å². The second-order valence-corrected chi connectivity index (χ2v) is 5.20. The van der Waals surface area contributed by atoms with E-state index < -0.39 is 11.8 Å². The molecule has 1 aromatic rings. The highest BCUT2D eigenvalue weighted by Crippen LogP contribution is 2.13. The first-order valence-corrected chi connectivity index (χ1v) is 6.82. The lowest BCUT2D eigenvalue weighted by Gasteiger charge is -2.23. The molecule has 0 fully saturated rings. The molecule has 0 aliphatic carbocycles. The van der Waals surface area contributed by atoms with Gasteiger partial charge in [0.05, 0.1) is 5.56 Å². The fraction of sp³-hybridized carbons (Fsp3) is 0.533. The number of benzene rings is 1. The second kappa shape index (κ2) is 7.97. The average molecular weight is 282 g/mol. The topological polar surface area (TPSA) is 43.8 Å². The zero-order chi connectivity index (χ0) is 15.1. The number of rotatable bonds is 8. The van der Waals surface area contributed by atoms with Gasteiger partial charge in [0, 0.05) is 19.6 Å². The van der Waals surface area contributed by atoms with Crippen LogP contribution in [0.2, 0.25) is 0 Å². The Labute approximate surface area is 119 Å². The van der Waals surface area contributed by atoms with E-state index in [2.05, 4.69) is 16.7 Å². The van der Waals surface area contributed by atoms with Gasteiger partial charge < -0.3 is 10.0 Å². The lowest BCUT2D eigenvalue weighted by Crippen LogP contribution is -2.32. The van der Waals surface area contributed by atoms with E-state index in [0.717, 1.165) is 31.6 Å². The van der Waals surface area contributed by atoms with Gasteiger partial charge in [-0.05, 0) is 44.8 Å². The van der Waals surface area contributed by atoms with Gasteiger partial charge in [0.25, 0.3) is 0 Å². The molecule has 1 rings (SSSR count). The van der Waals surface area contributed by atoms with Crippen LogP contribution in [0.1, 0.15) is 29.3 Å². The first kappa shape index (κ1) is 16.6. The van der Waals surface area contributed by atoms with E-state index in [1.165, 1.54) is 12.1 Å². The van der Waals surface area contributed by atoms with Gasteiger partial charge in [0.2, 0.25) is 0 Å². The minimum absolute atomic E-state index is 0.274. The molecule has 0 saturated carbocycles. The van der Waals surface area contributed by atoms with Gasteiger partial charge >= 0.3 is 5.97 Å². The van der Waals surface area contributed by atoms with Crippen LogP contribution in [0.25, 0.3) is 0 Å². The summed E-state index contributed by atoms with van der Waals surface area (Å²) in [6, 6.07) is 4.34. The normalized spacial score (nSPS) is 11.3. The third-order valence-electron chi connectivity index (χ3n) is 3.07. The smallest absolute Gasteiger partial charge is 0.338 e. The minimum atomic E-state index is -1.23. The van der Waals surface area contributed by atoms with Crippen molar-refractivity contribution < 1.29 is 14.3 Å². The Balaban J connectivity index is 2.72. The van der Waals surface area contributed by atoms with E-state index in [1.807, 2.05) is 14.1 Å². The molecule has 5 heteroatoms. The Hall–Kier alpha value is -1.46. The third kappa shape index (κ3) is 5.27. The third-order valence-corrected chi connectivity index (χ3v) is 3.07. The summed E-state index contributed by atoms with van der Waals surface area (Å²) in [7, 11) is 4.04. The lowest BCUT2D eigenvalue weighted by atomic mass is 10.1. The summed E-state index contributed by atoms with van der Waals surface area (Å²) in [4.78, 5) is 15.1. The van der Waals surface area contributed by atoms with Crippen LogP contribution in [0.15, 0.2) is 18.2 Å². The summed E-state index contributed by atoms with van der Waals surface area (Å²) in [5, 5.41) is 8.81. The SMILES string of the molecule is CCCN(CCN(C)C)Cc1ccc(C(=O)O)c(F)c1. The van der Waals surface area contributed by atoms with Crippen LogP contribution in [-0.2, 0) is 6.54 Å². The summed E-state index contributed by atoms with van der Waals surface area (Å²) in [5.74, 6) is -1.90. The molecular formula is C15H23FN2O2. The Kier molecular flexibility index (Phi) is 6.61. The Bertz CT molecular complexity index is 449. The highest BCUT2D eigenvalue weighted by atomic mass is 19.1. The molecule has 0 spiro atoms. The van der Waals surface area contributed by atoms with Crippen molar-refractivity contribution in [1.82, 2.24) is 9.80 Å². The summed E-state index contributed by atoms with van der Waals surface area (Å²) in [6.45, 7) is 5.53. The molecule has 1 aromatic carbocycles. The zero-order valence-corrected chi connectivity index (χ0v) is 12.4. The van der Waals surface area contributed by atoms with E-state index in [9.17, 15) is 9.18 Å². The molecule has 0 aliphatic rings. The minimum Gasteiger partial charge on any atom is -0.478 e. The molecule has 0 bridgehead atoms. The number of nitrogens with zero attached hydrogens (tertiary/aromatic N) is 2. The molecular weight excluding hydrogens is 259 g/mol. The van der Waals surface area contributed by atoms with Gasteiger partial charge in [0.15, 0.2) is 0 Å². The van der Waals surface area contributed by atoms with Gasteiger partial charge in [-0.15, -0.1) is 0 Å². The molecule has 0 saturated heterocycles. The predicted octanol–water partition coefficient (Wildman–Crippen LogP) is 2.30. The summed E-state index contributed by atoms with van der Waals surface area (Å²) >= 11 is 0. The van der Waals surface area contributed by atoms with Gasteiger partial charge in [-0.1, -0.05) is 13.0 Å². The van der Waals surface area contributed by atoms with Crippen LogP contribution >= 0.6 is 0 Å². The number of carboxylic acid groups (broad SMARTS) is 1. The Morgan fingerprint density at radius 2 is 1.95 bits per heavy atom. The first-order valence-electron chi connectivity index (χ1n) is 6.82. The van der Waals surface area contributed by atoms with Gasteiger partial charge in [0.1, 0.15) is 5.82 Å². The second-order valence-electron chi connectivity index (χ2n) is 5.20. The summed E-state index contributed by atoms with van der Waals surface area (Å²) in [6.07, 6.45) is 1.03. The average Bonchev–Trinajstić information content (AvgIpc) is 2.35. The number of carboxylic acids is 1. The van der Waals surface area contributed by atoms with Gasteiger partial charge in [-0.2, -0.15) is 0 Å². The van der Waals surface area contributed by atoms with Crippen molar-refractivity contribution in [3.63, 3.8) is 0 Å². The number of hydrogen-bond donors (Lipinski definition) is 1. The standard InChI is InChI=1S/C15H23FN2O2/c1-4-7-18(9-8-17(2)3)11-12-5-6-13(15(19)20)14(16)10-12/h5-6,10H,4,7-9,11H2,1-3H3,(H,19,20). The maximum absolute atomic E-state index is 13.6. The predicted molar refractivity (Wildman–Crippen MR) is 77.5 cm³/mol. The maximum atomic E-state index is 13.6. The molecule has 0 heterocycles. The van der Waals surface area contributed by atoms with Crippen molar-refractivity contribution in [2.75, 3.05) is 33.7 Å². The summed E-state index contributed by atoms with van der Waals surface area (Å²) < 4.78 is 13.6. The van der Waals surface area contributed by atoms with Crippen molar-refractivity contribution in [2.24, 2.45) is 0 Å². The molecule has 0 radical (unpaired) electrons. The molecule has 0 amide bonds. The quantitative estimate of drug-likeness (QED) is 0.794. The van der Waals surface area contributed by atoms with Crippen LogP contribution in [0.3, 0.4) is 0 Å². The molecule has 20 heavy (non-hydrogen) atoms. The van der Waals surface area contributed by atoms with Crippen LogP contribution in [0.4, 0.5) is 4.39 Å². The summed E-state index contributed by atoms with van der Waals surface area (Å²) in [5.41, 5.74) is 0.531. The number of likely N-dealkylation sites (N-methyl/N-ethyl adjacent to an activating group) is 1. The maximum Gasteiger partial charge on any atom is 0.338 e. The van der Waals surface area contributed by atoms with E-state index >= 15 is 0 Å². The molecule has 112 valence electrons. The molecule has 0 atom stereocenters. The van der Waals surface area contributed by atoms with Crippen molar-refractivity contribution in [2.45, 2.75) is 19.9 Å². The van der Waals surface area contributed by atoms with Crippen molar-refractivity contribution in [3.8, 4) is 0 Å². The van der Waals surface area contributed by atoms with Crippen molar-refractivity contribution in [1.29, 1.82) is 0 Å². The van der Waals surface area contributed by atoms with Crippen LogP contribution < -0.4 is 0 Å². The van der Waals surface area contributed by atoms with Crippen LogP contribution in [0.5, 0.6) is 0 Å². The molecule has 4 nitrogen and oxygen atoms in total. The van der Waals surface area contributed by atoms with Gasteiger partial charge in [-0.3, -0.25) is 4.90 Å². The van der Waals surface area contributed by atoms with E-state index in [0.29, 0.717) is 6.54 Å². The molecule has 0 aliphatic heterocycles. The molecule has 0 aromatic heterocycles. The monoisotopic (exact) mass is 282 g/mol. The lowest BCUT2D eigenvalue weighted by molar-refractivity contribution is 0.0692. The Morgan fingerprint density at radius 3 is 2.45 bits per heavy atom. The fourth-order valence-electron chi connectivity index (χ4n) is 2.02.